The summed E-state index contributed by atoms with van der Waals surface area (Å²) in [4.78, 5) is 0. The highest BCUT2D eigenvalue weighted by Gasteiger charge is 2.42. The van der Waals surface area contributed by atoms with Crippen LogP contribution in [0.3, 0.4) is 0 Å². The lowest BCUT2D eigenvalue weighted by Gasteiger charge is -2.44. The van der Waals surface area contributed by atoms with Crippen molar-refractivity contribution in [3.8, 4) is 0 Å². The monoisotopic (exact) mass is 312 g/mol. The summed E-state index contributed by atoms with van der Waals surface area (Å²) in [7, 11) is 0. The van der Waals surface area contributed by atoms with Crippen LogP contribution in [0.5, 0.6) is 0 Å². The van der Waals surface area contributed by atoms with E-state index in [1.54, 1.807) is 0 Å². The number of benzene rings is 1. The minimum Gasteiger partial charge on any atom is -0.497 e. The summed E-state index contributed by atoms with van der Waals surface area (Å²) < 4.78 is 5.81. The Kier molecular flexibility index (Phi) is 5.22. The zero-order chi connectivity index (χ0) is 16.1. The Labute approximate surface area is 139 Å². The molecule has 2 aliphatic carbocycles. The summed E-state index contributed by atoms with van der Waals surface area (Å²) in [5.74, 6) is 0.323. The van der Waals surface area contributed by atoms with Crippen molar-refractivity contribution >= 4 is 5.57 Å². The molecule has 1 aromatic rings. The van der Waals surface area contributed by atoms with Crippen LogP contribution in [0.15, 0.2) is 48.2 Å². The highest BCUT2D eigenvalue weighted by molar-refractivity contribution is 5.63. The molecular formula is C21H28O2. The minimum absolute atomic E-state index is 0.323. The molecule has 2 fully saturated rings. The predicted octanol–water partition coefficient (Wildman–Crippen LogP) is 5.10. The summed E-state index contributed by atoms with van der Waals surface area (Å²) in [6.45, 7) is 2.71. The van der Waals surface area contributed by atoms with Crippen LogP contribution in [-0.2, 0) is 4.74 Å². The topological polar surface area (TPSA) is 29.5 Å². The van der Waals surface area contributed by atoms with Crippen molar-refractivity contribution in [1.82, 2.24) is 0 Å². The second kappa shape index (κ2) is 7.35. The highest BCUT2D eigenvalue weighted by atomic mass is 16.5. The third-order valence-corrected chi connectivity index (χ3v) is 5.47. The second-order valence-electron chi connectivity index (χ2n) is 7.03. The molecule has 23 heavy (non-hydrogen) atoms. The number of ether oxygens (including phenoxy) is 1. The van der Waals surface area contributed by atoms with Crippen molar-refractivity contribution in [2.45, 2.75) is 57.5 Å². The molecule has 3 rings (SSSR count). The third kappa shape index (κ3) is 3.87. The van der Waals surface area contributed by atoms with Crippen LogP contribution in [0.1, 0.15) is 57.4 Å². The fourth-order valence-corrected chi connectivity index (χ4v) is 4.11. The second-order valence-corrected chi connectivity index (χ2v) is 7.03. The molecule has 1 N–H and O–H groups in total. The highest BCUT2D eigenvalue weighted by Crippen LogP contribution is 2.46. The quantitative estimate of drug-likeness (QED) is 0.619. The molecule has 2 atom stereocenters. The fraction of sp³-hybridized carbons (Fsp3) is 0.524. The average molecular weight is 312 g/mol. The first-order valence-electron chi connectivity index (χ1n) is 8.94. The van der Waals surface area contributed by atoms with E-state index < -0.39 is 5.60 Å². The molecule has 1 aromatic carbocycles. The molecule has 124 valence electrons. The summed E-state index contributed by atoms with van der Waals surface area (Å²) in [5.41, 5.74) is 3.34. The van der Waals surface area contributed by atoms with E-state index in [9.17, 15) is 5.11 Å². The van der Waals surface area contributed by atoms with Gasteiger partial charge in [-0.1, -0.05) is 43.2 Å². The Morgan fingerprint density at radius 2 is 2.00 bits per heavy atom. The van der Waals surface area contributed by atoms with E-state index in [0.717, 1.165) is 32.1 Å². The normalized spacial score (nSPS) is 30.1. The molecule has 2 aliphatic rings. The van der Waals surface area contributed by atoms with Crippen LogP contribution in [0, 0.1) is 5.92 Å². The van der Waals surface area contributed by atoms with Crippen LogP contribution < -0.4 is 0 Å². The number of aliphatic hydroxyl groups is 1. The molecule has 0 amide bonds. The molecule has 2 nitrogen and oxygen atoms in total. The number of fused-ring (bicyclic) bond motifs is 1. The van der Waals surface area contributed by atoms with E-state index in [1.165, 1.54) is 29.6 Å². The number of rotatable bonds is 4. The van der Waals surface area contributed by atoms with Gasteiger partial charge in [-0.3, -0.25) is 0 Å². The van der Waals surface area contributed by atoms with Gasteiger partial charge in [0.25, 0.3) is 0 Å². The zero-order valence-corrected chi connectivity index (χ0v) is 14.1. The van der Waals surface area contributed by atoms with Crippen molar-refractivity contribution in [2.75, 3.05) is 6.61 Å². The molecular weight excluding hydrogens is 284 g/mol. The van der Waals surface area contributed by atoms with Crippen LogP contribution in [0.25, 0.3) is 5.57 Å². The molecule has 0 spiro atoms. The first-order chi connectivity index (χ1) is 11.2. The van der Waals surface area contributed by atoms with Crippen LogP contribution >= 0.6 is 0 Å². The minimum atomic E-state index is -0.457. The molecule has 0 radical (unpaired) electrons. The van der Waals surface area contributed by atoms with E-state index in [1.807, 2.05) is 12.3 Å². The SMILES string of the molecule is C/C(=C\CO/C=C1/CCC[C@@]2(O)CCCC[C@H]12)c1ccccc1. The fourth-order valence-electron chi connectivity index (χ4n) is 4.11. The van der Waals surface area contributed by atoms with Gasteiger partial charge in [0.1, 0.15) is 6.61 Å². The van der Waals surface area contributed by atoms with E-state index >= 15 is 0 Å². The zero-order valence-electron chi connectivity index (χ0n) is 14.1. The average Bonchev–Trinajstić information content (AvgIpc) is 2.58. The summed E-state index contributed by atoms with van der Waals surface area (Å²) in [5, 5.41) is 10.8. The van der Waals surface area contributed by atoms with Crippen molar-refractivity contribution < 1.29 is 9.84 Å². The summed E-state index contributed by atoms with van der Waals surface area (Å²) in [6.07, 6.45) is 11.7. The predicted molar refractivity (Wildman–Crippen MR) is 94.9 cm³/mol. The standard InChI is InChI=1S/C21H28O2/c1-17(18-8-3-2-4-9-18)12-15-23-16-19-10-7-14-21(22)13-6-5-11-20(19)21/h2-4,8-9,12,16,20,22H,5-7,10-11,13-15H2,1H3/b17-12+,19-16-/t20-,21+/m1/s1. The van der Waals surface area contributed by atoms with E-state index in [2.05, 4.69) is 37.3 Å². The molecule has 0 unspecified atom stereocenters. The first-order valence-corrected chi connectivity index (χ1v) is 8.94. The lowest BCUT2D eigenvalue weighted by atomic mass is 9.65. The molecule has 0 bridgehead atoms. The van der Waals surface area contributed by atoms with Gasteiger partial charge in [0.2, 0.25) is 0 Å². The van der Waals surface area contributed by atoms with Gasteiger partial charge in [-0.15, -0.1) is 0 Å². The molecule has 0 aliphatic heterocycles. The summed E-state index contributed by atoms with van der Waals surface area (Å²) in [6, 6.07) is 10.4. The van der Waals surface area contributed by atoms with Gasteiger partial charge < -0.3 is 9.84 Å². The Morgan fingerprint density at radius 3 is 2.83 bits per heavy atom. The maximum absolute atomic E-state index is 10.8. The number of hydrogen-bond donors (Lipinski definition) is 1. The van der Waals surface area contributed by atoms with Crippen molar-refractivity contribution in [3.05, 3.63) is 53.8 Å². The van der Waals surface area contributed by atoms with Crippen molar-refractivity contribution in [2.24, 2.45) is 5.92 Å². The van der Waals surface area contributed by atoms with Gasteiger partial charge in [0.15, 0.2) is 0 Å². The van der Waals surface area contributed by atoms with Crippen molar-refractivity contribution in [3.63, 3.8) is 0 Å². The number of allylic oxidation sites excluding steroid dienone is 1. The lowest BCUT2D eigenvalue weighted by molar-refractivity contribution is -0.0547. The van der Waals surface area contributed by atoms with Crippen LogP contribution in [-0.4, -0.2) is 17.3 Å². The van der Waals surface area contributed by atoms with Crippen LogP contribution in [0.2, 0.25) is 0 Å². The van der Waals surface area contributed by atoms with E-state index in [4.69, 9.17) is 4.74 Å². The van der Waals surface area contributed by atoms with Crippen molar-refractivity contribution in [1.29, 1.82) is 0 Å². The van der Waals surface area contributed by atoms with Gasteiger partial charge in [-0.2, -0.15) is 0 Å². The molecule has 0 aromatic heterocycles. The first kappa shape index (κ1) is 16.3. The summed E-state index contributed by atoms with van der Waals surface area (Å²) >= 11 is 0. The van der Waals surface area contributed by atoms with Gasteiger partial charge in [-0.05, 0) is 61.8 Å². The van der Waals surface area contributed by atoms with Gasteiger partial charge in [0.05, 0.1) is 11.9 Å². The molecule has 2 saturated carbocycles. The largest absolute Gasteiger partial charge is 0.497 e. The molecule has 2 heteroatoms. The van der Waals surface area contributed by atoms with Gasteiger partial charge in [-0.25, -0.2) is 0 Å². The van der Waals surface area contributed by atoms with Gasteiger partial charge in [0, 0.05) is 5.92 Å². The number of hydrogen-bond acceptors (Lipinski definition) is 2. The molecule has 0 heterocycles. The Hall–Kier alpha value is -1.54. The molecule has 0 saturated heterocycles. The van der Waals surface area contributed by atoms with E-state index in [0.29, 0.717) is 12.5 Å². The van der Waals surface area contributed by atoms with E-state index in [-0.39, 0.29) is 0 Å². The van der Waals surface area contributed by atoms with Gasteiger partial charge >= 0.3 is 0 Å². The smallest absolute Gasteiger partial charge is 0.106 e. The Balaban J connectivity index is 1.59. The Bertz CT molecular complexity index is 569. The lowest BCUT2D eigenvalue weighted by Crippen LogP contribution is -2.44. The maximum atomic E-state index is 10.8. The van der Waals surface area contributed by atoms with Crippen LogP contribution in [0.4, 0.5) is 0 Å². The maximum Gasteiger partial charge on any atom is 0.106 e. The third-order valence-electron chi connectivity index (χ3n) is 5.47. The Morgan fingerprint density at radius 1 is 1.22 bits per heavy atom.